The molecule has 0 radical (unpaired) electrons. The molecule has 0 bridgehead atoms. The van der Waals surface area contributed by atoms with Crippen molar-refractivity contribution in [2.45, 2.75) is 25.2 Å². The maximum absolute atomic E-state index is 12.9. The molecule has 0 N–H and O–H groups in total. The van der Waals surface area contributed by atoms with Gasteiger partial charge in [0.05, 0.1) is 9.82 Å². The van der Waals surface area contributed by atoms with Gasteiger partial charge >= 0.3 is 0 Å². The lowest BCUT2D eigenvalue weighted by atomic mass is 9.94. The van der Waals surface area contributed by atoms with Gasteiger partial charge in [-0.25, -0.2) is 8.42 Å². The highest BCUT2D eigenvalue weighted by molar-refractivity contribution is 7.89. The Labute approximate surface area is 158 Å². The van der Waals surface area contributed by atoms with E-state index in [2.05, 4.69) is 13.8 Å². The van der Waals surface area contributed by atoms with E-state index in [1.54, 1.807) is 16.4 Å². The summed E-state index contributed by atoms with van der Waals surface area (Å²) < 4.78 is 32.9. The molecule has 1 aliphatic heterocycles. The van der Waals surface area contributed by atoms with Crippen LogP contribution in [0.3, 0.4) is 0 Å². The van der Waals surface area contributed by atoms with E-state index in [0.717, 1.165) is 6.42 Å². The minimum Gasteiger partial charge on any atom is -0.457 e. The molecule has 0 spiro atoms. The summed E-state index contributed by atoms with van der Waals surface area (Å²) in [4.78, 5) is 10.4. The fourth-order valence-electron chi connectivity index (χ4n) is 3.40. The Morgan fingerprint density at radius 2 is 1.44 bits per heavy atom. The molecule has 0 aliphatic carbocycles. The summed E-state index contributed by atoms with van der Waals surface area (Å²) in [5.74, 6) is 1.58. The van der Waals surface area contributed by atoms with Gasteiger partial charge in [-0.3, -0.25) is 10.1 Å². The van der Waals surface area contributed by atoms with Gasteiger partial charge in [0.1, 0.15) is 11.5 Å². The van der Waals surface area contributed by atoms with E-state index in [4.69, 9.17) is 4.74 Å². The number of piperidine rings is 1. The first-order chi connectivity index (χ1) is 12.8. The number of benzene rings is 2. The van der Waals surface area contributed by atoms with Crippen LogP contribution in [0.15, 0.2) is 53.4 Å². The lowest BCUT2D eigenvalue weighted by Crippen LogP contribution is -2.42. The van der Waals surface area contributed by atoms with Crippen molar-refractivity contribution in [3.05, 3.63) is 58.6 Å². The van der Waals surface area contributed by atoms with Crippen LogP contribution in [0.1, 0.15) is 20.3 Å². The molecule has 1 heterocycles. The van der Waals surface area contributed by atoms with Gasteiger partial charge in [0.2, 0.25) is 10.0 Å². The van der Waals surface area contributed by atoms with Crippen LogP contribution in [0.25, 0.3) is 0 Å². The van der Waals surface area contributed by atoms with E-state index >= 15 is 0 Å². The third-order valence-corrected chi connectivity index (χ3v) is 6.43. The molecule has 2 aromatic rings. The second-order valence-corrected chi connectivity index (χ2v) is 9.03. The highest BCUT2D eigenvalue weighted by Crippen LogP contribution is 2.29. The molecule has 8 heteroatoms. The van der Waals surface area contributed by atoms with Crippen LogP contribution in [0.5, 0.6) is 11.5 Å². The number of hydrogen-bond donors (Lipinski definition) is 0. The zero-order valence-electron chi connectivity index (χ0n) is 15.2. The number of ether oxygens (including phenoxy) is 1. The van der Waals surface area contributed by atoms with Crippen LogP contribution in [0.2, 0.25) is 0 Å². The number of nitro groups is 1. The van der Waals surface area contributed by atoms with Crippen molar-refractivity contribution in [3.8, 4) is 11.5 Å². The maximum Gasteiger partial charge on any atom is 0.269 e. The minimum atomic E-state index is -3.53. The van der Waals surface area contributed by atoms with Crippen LogP contribution in [0.4, 0.5) is 5.69 Å². The van der Waals surface area contributed by atoms with Crippen LogP contribution in [-0.4, -0.2) is 30.7 Å². The summed E-state index contributed by atoms with van der Waals surface area (Å²) in [7, 11) is -3.53. The molecule has 2 aromatic carbocycles. The Hall–Kier alpha value is -2.45. The minimum absolute atomic E-state index is 0.0196. The summed E-state index contributed by atoms with van der Waals surface area (Å²) in [6, 6.07) is 11.9. The van der Waals surface area contributed by atoms with Crippen molar-refractivity contribution in [1.29, 1.82) is 0 Å². The highest BCUT2D eigenvalue weighted by atomic mass is 32.2. The van der Waals surface area contributed by atoms with Crippen LogP contribution in [-0.2, 0) is 10.0 Å². The first kappa shape index (κ1) is 19.3. The monoisotopic (exact) mass is 390 g/mol. The molecular formula is C19H22N2O5S. The fourth-order valence-corrected chi connectivity index (χ4v) is 5.08. The van der Waals surface area contributed by atoms with Crippen LogP contribution >= 0.6 is 0 Å². The van der Waals surface area contributed by atoms with Gasteiger partial charge in [0, 0.05) is 25.2 Å². The number of hydrogen-bond acceptors (Lipinski definition) is 5. The van der Waals surface area contributed by atoms with Gasteiger partial charge in [0.15, 0.2) is 0 Å². The summed E-state index contributed by atoms with van der Waals surface area (Å²) in [6.45, 7) is 5.21. The van der Waals surface area contributed by atoms with E-state index in [-0.39, 0.29) is 10.6 Å². The normalized spacial score (nSPS) is 21.0. The lowest BCUT2D eigenvalue weighted by molar-refractivity contribution is -0.384. The molecule has 0 unspecified atom stereocenters. The molecule has 144 valence electrons. The lowest BCUT2D eigenvalue weighted by Gasteiger charge is -2.34. The smallest absolute Gasteiger partial charge is 0.269 e. The second-order valence-electron chi connectivity index (χ2n) is 7.09. The van der Waals surface area contributed by atoms with Crippen molar-refractivity contribution >= 4 is 15.7 Å². The quantitative estimate of drug-likeness (QED) is 0.567. The summed E-state index contributed by atoms with van der Waals surface area (Å²) >= 11 is 0. The van der Waals surface area contributed by atoms with Crippen molar-refractivity contribution in [3.63, 3.8) is 0 Å². The molecule has 1 saturated heterocycles. The summed E-state index contributed by atoms with van der Waals surface area (Å²) in [5.41, 5.74) is -0.0196. The van der Waals surface area contributed by atoms with Gasteiger partial charge in [-0.1, -0.05) is 13.8 Å². The number of non-ortho nitro benzene ring substituents is 1. The van der Waals surface area contributed by atoms with E-state index in [1.165, 1.54) is 36.4 Å². The van der Waals surface area contributed by atoms with Gasteiger partial charge in [-0.2, -0.15) is 4.31 Å². The molecule has 1 aliphatic rings. The Morgan fingerprint density at radius 3 is 1.93 bits per heavy atom. The standard InChI is InChI=1S/C19H22N2O5S/c1-14-11-15(2)13-20(12-14)27(24,25)19-9-7-18(8-10-19)26-17-5-3-16(4-6-17)21(22)23/h3-10,14-15H,11-13H2,1-2H3/t14-,15-/m1/s1. The Morgan fingerprint density at radius 1 is 0.963 bits per heavy atom. The van der Waals surface area contributed by atoms with Crippen LogP contribution < -0.4 is 4.74 Å². The predicted molar refractivity (Wildman–Crippen MR) is 101 cm³/mol. The third kappa shape index (κ3) is 4.45. The van der Waals surface area contributed by atoms with Crippen molar-refractivity contribution in [2.24, 2.45) is 11.8 Å². The van der Waals surface area contributed by atoms with Crippen LogP contribution in [0, 0.1) is 22.0 Å². The summed E-state index contributed by atoms with van der Waals surface area (Å²) in [6.07, 6.45) is 1.04. The fraction of sp³-hybridized carbons (Fsp3) is 0.368. The Kier molecular flexibility index (Phi) is 5.48. The molecule has 1 fully saturated rings. The molecule has 27 heavy (non-hydrogen) atoms. The summed E-state index contributed by atoms with van der Waals surface area (Å²) in [5, 5.41) is 10.7. The number of rotatable bonds is 5. The molecular weight excluding hydrogens is 368 g/mol. The van der Waals surface area contributed by atoms with Gasteiger partial charge in [-0.15, -0.1) is 0 Å². The zero-order valence-corrected chi connectivity index (χ0v) is 16.1. The van der Waals surface area contributed by atoms with Crippen molar-refractivity contribution in [1.82, 2.24) is 4.31 Å². The average Bonchev–Trinajstić information content (AvgIpc) is 2.62. The van der Waals surface area contributed by atoms with E-state index in [9.17, 15) is 18.5 Å². The third-order valence-electron chi connectivity index (χ3n) is 4.58. The first-order valence-corrected chi connectivity index (χ1v) is 10.2. The number of sulfonamides is 1. The van der Waals surface area contributed by atoms with Gasteiger partial charge in [0.25, 0.3) is 5.69 Å². The Bertz CT molecular complexity index is 900. The van der Waals surface area contributed by atoms with E-state index in [1.807, 2.05) is 0 Å². The van der Waals surface area contributed by atoms with Crippen molar-refractivity contribution < 1.29 is 18.1 Å². The number of nitrogens with zero attached hydrogens (tertiary/aromatic N) is 2. The second kappa shape index (κ2) is 7.66. The molecule has 2 atom stereocenters. The molecule has 0 aromatic heterocycles. The zero-order chi connectivity index (χ0) is 19.6. The molecule has 0 saturated carbocycles. The number of nitro benzene ring substituents is 1. The van der Waals surface area contributed by atoms with E-state index in [0.29, 0.717) is 36.4 Å². The first-order valence-electron chi connectivity index (χ1n) is 8.78. The van der Waals surface area contributed by atoms with Gasteiger partial charge in [-0.05, 0) is 54.7 Å². The molecule has 0 amide bonds. The molecule has 7 nitrogen and oxygen atoms in total. The SMILES string of the molecule is C[C@@H]1C[C@@H](C)CN(S(=O)(=O)c2ccc(Oc3ccc([N+](=O)[O-])cc3)cc2)C1. The molecule has 3 rings (SSSR count). The largest absolute Gasteiger partial charge is 0.457 e. The Balaban J connectivity index is 1.73. The van der Waals surface area contributed by atoms with E-state index < -0.39 is 14.9 Å². The highest BCUT2D eigenvalue weighted by Gasteiger charge is 2.31. The maximum atomic E-state index is 12.9. The van der Waals surface area contributed by atoms with Crippen molar-refractivity contribution in [2.75, 3.05) is 13.1 Å². The average molecular weight is 390 g/mol. The predicted octanol–water partition coefficient (Wildman–Crippen LogP) is 4.05. The van der Waals surface area contributed by atoms with Gasteiger partial charge < -0.3 is 4.74 Å². The topological polar surface area (TPSA) is 89.8 Å².